The van der Waals surface area contributed by atoms with E-state index < -0.39 is 11.5 Å². The third-order valence-electron chi connectivity index (χ3n) is 3.04. The number of carbonyl (C=O) groups is 1. The zero-order valence-electron chi connectivity index (χ0n) is 12.2. The van der Waals surface area contributed by atoms with Gasteiger partial charge < -0.3 is 5.11 Å². The van der Waals surface area contributed by atoms with Crippen molar-refractivity contribution in [1.29, 1.82) is 0 Å². The third-order valence-corrected chi connectivity index (χ3v) is 3.04. The zero-order valence-corrected chi connectivity index (χ0v) is 12.2. The average molecular weight is 264 g/mol. The molecule has 4 nitrogen and oxygen atoms in total. The standard InChI is InChI=1S/C15H22NO3/c1-10(2)13(16(19)15(3,4)5)11-6-8-12(9-7-11)14(17)18/h6-10,13H,1-5H3,(H,17,18). The maximum absolute atomic E-state index is 12.4. The van der Waals surface area contributed by atoms with Gasteiger partial charge >= 0.3 is 5.97 Å². The maximum Gasteiger partial charge on any atom is 0.335 e. The predicted molar refractivity (Wildman–Crippen MR) is 73.3 cm³/mol. The lowest BCUT2D eigenvalue weighted by Crippen LogP contribution is -2.42. The van der Waals surface area contributed by atoms with Crippen LogP contribution in [0.4, 0.5) is 0 Å². The van der Waals surface area contributed by atoms with Crippen molar-refractivity contribution in [3.63, 3.8) is 0 Å². The number of aromatic carboxylic acids is 1. The number of carboxylic acid groups (broad SMARTS) is 1. The normalized spacial score (nSPS) is 13.9. The second-order valence-electron chi connectivity index (χ2n) is 6.11. The van der Waals surface area contributed by atoms with Crippen LogP contribution in [-0.2, 0) is 5.21 Å². The summed E-state index contributed by atoms with van der Waals surface area (Å²) >= 11 is 0. The molecule has 0 bridgehead atoms. The first-order valence-corrected chi connectivity index (χ1v) is 6.44. The van der Waals surface area contributed by atoms with E-state index in [-0.39, 0.29) is 17.5 Å². The van der Waals surface area contributed by atoms with Crippen molar-refractivity contribution >= 4 is 5.97 Å². The monoisotopic (exact) mass is 264 g/mol. The van der Waals surface area contributed by atoms with Crippen LogP contribution in [-0.4, -0.2) is 21.7 Å². The fourth-order valence-electron chi connectivity index (χ4n) is 2.03. The molecule has 0 spiro atoms. The molecule has 105 valence electrons. The summed E-state index contributed by atoms with van der Waals surface area (Å²) in [6.07, 6.45) is 0. The van der Waals surface area contributed by atoms with Crippen LogP contribution in [0.1, 0.15) is 56.6 Å². The molecule has 0 fully saturated rings. The van der Waals surface area contributed by atoms with E-state index in [1.54, 1.807) is 24.3 Å². The van der Waals surface area contributed by atoms with Crippen molar-refractivity contribution < 1.29 is 15.1 Å². The molecule has 1 radical (unpaired) electrons. The lowest BCUT2D eigenvalue weighted by molar-refractivity contribution is -0.250. The number of hydrogen-bond donors (Lipinski definition) is 1. The van der Waals surface area contributed by atoms with Gasteiger partial charge in [0.1, 0.15) is 0 Å². The minimum absolute atomic E-state index is 0.146. The highest BCUT2D eigenvalue weighted by atomic mass is 16.5. The van der Waals surface area contributed by atoms with E-state index in [1.807, 2.05) is 34.6 Å². The maximum atomic E-state index is 12.4. The summed E-state index contributed by atoms with van der Waals surface area (Å²) in [7, 11) is 0. The van der Waals surface area contributed by atoms with Gasteiger partial charge in [-0.15, -0.1) is 10.3 Å². The molecule has 0 saturated heterocycles. The van der Waals surface area contributed by atoms with Gasteiger partial charge in [0.2, 0.25) is 0 Å². The van der Waals surface area contributed by atoms with E-state index in [0.717, 1.165) is 10.6 Å². The van der Waals surface area contributed by atoms with Crippen LogP contribution in [0.25, 0.3) is 0 Å². The third kappa shape index (κ3) is 3.78. The molecule has 0 aliphatic rings. The van der Waals surface area contributed by atoms with Gasteiger partial charge in [0.05, 0.1) is 11.6 Å². The molecule has 0 heterocycles. The van der Waals surface area contributed by atoms with Crippen molar-refractivity contribution in [3.8, 4) is 0 Å². The summed E-state index contributed by atoms with van der Waals surface area (Å²) in [6, 6.07) is 6.27. The molecule has 1 aromatic carbocycles. The topological polar surface area (TPSA) is 60.4 Å². The first-order chi connectivity index (χ1) is 8.64. The van der Waals surface area contributed by atoms with Crippen molar-refractivity contribution in [1.82, 2.24) is 5.06 Å². The van der Waals surface area contributed by atoms with Crippen LogP contribution in [0.15, 0.2) is 24.3 Å². The molecule has 0 aliphatic heterocycles. The first-order valence-electron chi connectivity index (χ1n) is 6.44. The van der Waals surface area contributed by atoms with Crippen LogP contribution in [0.2, 0.25) is 0 Å². The molecule has 1 rings (SSSR count). The molecule has 19 heavy (non-hydrogen) atoms. The fraction of sp³-hybridized carbons (Fsp3) is 0.533. The van der Waals surface area contributed by atoms with Crippen molar-refractivity contribution in [2.24, 2.45) is 5.92 Å². The van der Waals surface area contributed by atoms with Gasteiger partial charge in [-0.2, -0.15) is 0 Å². The minimum Gasteiger partial charge on any atom is -0.478 e. The highest BCUT2D eigenvalue weighted by Crippen LogP contribution is 2.32. The molecule has 0 saturated carbocycles. The highest BCUT2D eigenvalue weighted by molar-refractivity contribution is 5.87. The number of nitrogens with zero attached hydrogens (tertiary/aromatic N) is 1. The molecule has 1 aromatic rings. The molecule has 0 amide bonds. The minimum atomic E-state index is -0.956. The van der Waals surface area contributed by atoms with E-state index >= 15 is 0 Å². The molecule has 1 atom stereocenters. The van der Waals surface area contributed by atoms with Crippen LogP contribution >= 0.6 is 0 Å². The highest BCUT2D eigenvalue weighted by Gasteiger charge is 2.32. The fourth-order valence-corrected chi connectivity index (χ4v) is 2.03. The van der Waals surface area contributed by atoms with Crippen LogP contribution in [0.3, 0.4) is 0 Å². The van der Waals surface area contributed by atoms with Crippen LogP contribution in [0, 0.1) is 5.92 Å². The molecule has 4 heteroatoms. The summed E-state index contributed by atoms with van der Waals surface area (Å²) in [4.78, 5) is 10.8. The lowest BCUT2D eigenvalue weighted by Gasteiger charge is -2.36. The largest absolute Gasteiger partial charge is 0.478 e. The van der Waals surface area contributed by atoms with Crippen LogP contribution < -0.4 is 0 Å². The van der Waals surface area contributed by atoms with E-state index in [0.29, 0.717) is 0 Å². The Morgan fingerprint density at radius 2 is 1.63 bits per heavy atom. The predicted octanol–water partition coefficient (Wildman–Crippen LogP) is 3.53. The van der Waals surface area contributed by atoms with E-state index in [9.17, 15) is 10.0 Å². The molecular weight excluding hydrogens is 242 g/mol. The Balaban J connectivity index is 3.10. The Morgan fingerprint density at radius 1 is 1.16 bits per heavy atom. The van der Waals surface area contributed by atoms with Crippen molar-refractivity contribution in [3.05, 3.63) is 35.4 Å². The molecule has 0 aromatic heterocycles. The number of carboxylic acids is 1. The van der Waals surface area contributed by atoms with E-state index in [4.69, 9.17) is 5.11 Å². The quantitative estimate of drug-likeness (QED) is 0.846. The van der Waals surface area contributed by atoms with Crippen molar-refractivity contribution in [2.45, 2.75) is 46.2 Å². The second-order valence-corrected chi connectivity index (χ2v) is 6.11. The van der Waals surface area contributed by atoms with Gasteiger partial charge in [0.25, 0.3) is 0 Å². The summed E-state index contributed by atoms with van der Waals surface area (Å²) in [5.41, 5.74) is 0.602. The van der Waals surface area contributed by atoms with Gasteiger partial charge in [0.15, 0.2) is 0 Å². The second kappa shape index (κ2) is 5.72. The number of hydroxylamine groups is 2. The summed E-state index contributed by atoms with van der Waals surface area (Å²) in [5.74, 6) is -0.810. The molecule has 1 unspecified atom stereocenters. The average Bonchev–Trinajstić information content (AvgIpc) is 2.28. The van der Waals surface area contributed by atoms with E-state index in [1.165, 1.54) is 0 Å². The smallest absolute Gasteiger partial charge is 0.335 e. The molecule has 0 aliphatic carbocycles. The Bertz CT molecular complexity index is 432. The van der Waals surface area contributed by atoms with E-state index in [2.05, 4.69) is 0 Å². The number of hydrogen-bond acceptors (Lipinski definition) is 2. The first kappa shape index (κ1) is 15.7. The Labute approximate surface area is 114 Å². The van der Waals surface area contributed by atoms with Gasteiger partial charge in [-0.05, 0) is 44.4 Å². The van der Waals surface area contributed by atoms with Gasteiger partial charge in [0, 0.05) is 5.54 Å². The Hall–Kier alpha value is -1.39. The molecule has 1 N–H and O–H groups in total. The summed E-state index contributed by atoms with van der Waals surface area (Å²) in [5, 5.41) is 22.4. The SMILES string of the molecule is CC(C)C(c1ccc(C(=O)O)cc1)N([O])C(C)(C)C. The van der Waals surface area contributed by atoms with Crippen molar-refractivity contribution in [2.75, 3.05) is 0 Å². The summed E-state index contributed by atoms with van der Waals surface area (Å²) in [6.45, 7) is 9.61. The Kier molecular flexibility index (Phi) is 4.71. The van der Waals surface area contributed by atoms with Gasteiger partial charge in [-0.3, -0.25) is 0 Å². The molecular formula is C15H22NO3. The number of rotatable bonds is 4. The number of benzene rings is 1. The Morgan fingerprint density at radius 3 is 1.95 bits per heavy atom. The van der Waals surface area contributed by atoms with Gasteiger partial charge in [-0.25, -0.2) is 4.79 Å². The van der Waals surface area contributed by atoms with Gasteiger partial charge in [-0.1, -0.05) is 26.0 Å². The lowest BCUT2D eigenvalue weighted by atomic mass is 9.92. The van der Waals surface area contributed by atoms with Crippen LogP contribution in [0.5, 0.6) is 0 Å². The zero-order chi connectivity index (χ0) is 14.8. The summed E-state index contributed by atoms with van der Waals surface area (Å²) < 4.78 is 0.